The normalized spacial score (nSPS) is 54.6. The van der Waals surface area contributed by atoms with Crippen LogP contribution in [-0.4, -0.2) is 48.2 Å². The topological polar surface area (TPSA) is 57.2 Å². The molecule has 4 saturated heterocycles. The van der Waals surface area contributed by atoms with Crippen molar-refractivity contribution in [3.63, 3.8) is 0 Å². The summed E-state index contributed by atoms with van der Waals surface area (Å²) in [5.74, 6) is -1.61. The summed E-state index contributed by atoms with van der Waals surface area (Å²) in [6.07, 6.45) is -1.36. The Morgan fingerprint density at radius 3 is 2.71 bits per heavy atom. The van der Waals surface area contributed by atoms with Gasteiger partial charge in [0.05, 0.1) is 6.61 Å². The van der Waals surface area contributed by atoms with E-state index in [2.05, 4.69) is 0 Å². The van der Waals surface area contributed by atoms with Gasteiger partial charge in [0, 0.05) is 0 Å². The van der Waals surface area contributed by atoms with Crippen LogP contribution in [0.5, 0.6) is 0 Å². The van der Waals surface area contributed by atoms with Crippen LogP contribution >= 0.6 is 0 Å². The number of aliphatic hydroxyl groups is 1. The van der Waals surface area contributed by atoms with E-state index in [0.717, 1.165) is 0 Å². The van der Waals surface area contributed by atoms with Crippen molar-refractivity contribution >= 4 is 0 Å². The smallest absolute Gasteiger partial charge is 0.224 e. The van der Waals surface area contributed by atoms with Gasteiger partial charge in [-0.05, 0) is 13.8 Å². The molecule has 0 aromatic carbocycles. The highest BCUT2D eigenvalue weighted by Crippen LogP contribution is 2.45. The minimum Gasteiger partial charge on any atom is -0.387 e. The average molecular weight is 202 g/mol. The van der Waals surface area contributed by atoms with Crippen LogP contribution in [0, 0.1) is 0 Å². The summed E-state index contributed by atoms with van der Waals surface area (Å²) < 4.78 is 22.3. The molecule has 0 amide bonds. The summed E-state index contributed by atoms with van der Waals surface area (Å²) in [5, 5.41) is 9.89. The molecule has 5 nitrogen and oxygen atoms in total. The highest BCUT2D eigenvalue weighted by atomic mass is 16.9. The largest absolute Gasteiger partial charge is 0.387 e. The lowest BCUT2D eigenvalue weighted by atomic mass is 9.94. The molecule has 4 aliphatic heterocycles. The molecule has 80 valence electrons. The zero-order chi connectivity index (χ0) is 9.97. The SMILES string of the molecule is CC1(C)O[C@H]2[C@H](O)[C@H]3CO[C@@]2(CO3)O1. The molecule has 2 bridgehead atoms. The van der Waals surface area contributed by atoms with Gasteiger partial charge in [-0.1, -0.05) is 0 Å². The lowest BCUT2D eigenvalue weighted by Gasteiger charge is -2.47. The van der Waals surface area contributed by atoms with Crippen molar-refractivity contribution < 1.29 is 24.1 Å². The van der Waals surface area contributed by atoms with Crippen LogP contribution in [0.25, 0.3) is 0 Å². The van der Waals surface area contributed by atoms with Gasteiger partial charge in [0.25, 0.3) is 0 Å². The maximum absolute atomic E-state index is 9.89. The fourth-order valence-corrected chi connectivity index (χ4v) is 2.38. The predicted molar refractivity (Wildman–Crippen MR) is 44.5 cm³/mol. The Bertz CT molecular complexity index is 256. The Balaban J connectivity index is 1.96. The Hall–Kier alpha value is -0.200. The van der Waals surface area contributed by atoms with E-state index in [1.165, 1.54) is 0 Å². The standard InChI is InChI=1S/C9H14O5/c1-8(2)13-7-6(10)5-3-12-9(7,14-8)4-11-5/h5-7,10H,3-4H2,1-2H3/t5-,6-,7+,9+/m1/s1. The zero-order valence-corrected chi connectivity index (χ0v) is 8.23. The first-order valence-electron chi connectivity index (χ1n) is 4.84. The van der Waals surface area contributed by atoms with Crippen LogP contribution in [0.2, 0.25) is 0 Å². The minimum absolute atomic E-state index is 0.278. The molecule has 0 aromatic rings. The van der Waals surface area contributed by atoms with Gasteiger partial charge in [0.15, 0.2) is 5.79 Å². The van der Waals surface area contributed by atoms with Crippen molar-refractivity contribution in [1.29, 1.82) is 0 Å². The monoisotopic (exact) mass is 202 g/mol. The summed E-state index contributed by atoms with van der Waals surface area (Å²) in [5.41, 5.74) is 0. The number of aliphatic hydroxyl groups excluding tert-OH is 1. The third-order valence-corrected chi connectivity index (χ3v) is 2.94. The first-order chi connectivity index (χ1) is 6.53. The van der Waals surface area contributed by atoms with Gasteiger partial charge < -0.3 is 24.1 Å². The van der Waals surface area contributed by atoms with E-state index in [4.69, 9.17) is 18.9 Å². The second-order valence-electron chi connectivity index (χ2n) is 4.50. The van der Waals surface area contributed by atoms with Gasteiger partial charge in [-0.15, -0.1) is 0 Å². The van der Waals surface area contributed by atoms with E-state index in [1.54, 1.807) is 0 Å². The van der Waals surface area contributed by atoms with E-state index >= 15 is 0 Å². The molecule has 5 heteroatoms. The fraction of sp³-hybridized carbons (Fsp3) is 1.00. The number of rotatable bonds is 0. The molecule has 0 unspecified atom stereocenters. The van der Waals surface area contributed by atoms with E-state index in [-0.39, 0.29) is 6.10 Å². The molecule has 0 saturated carbocycles. The van der Waals surface area contributed by atoms with E-state index in [1.807, 2.05) is 13.8 Å². The highest BCUT2D eigenvalue weighted by molar-refractivity contribution is 5.03. The van der Waals surface area contributed by atoms with E-state index < -0.39 is 23.8 Å². The molecule has 1 N–H and O–H groups in total. The molecule has 4 fully saturated rings. The van der Waals surface area contributed by atoms with Crippen LogP contribution in [0.4, 0.5) is 0 Å². The molecule has 4 aliphatic rings. The van der Waals surface area contributed by atoms with Crippen molar-refractivity contribution in [2.45, 2.75) is 43.7 Å². The molecule has 0 aliphatic carbocycles. The number of hydrogen-bond acceptors (Lipinski definition) is 5. The molecule has 0 aromatic heterocycles. The number of hydrogen-bond donors (Lipinski definition) is 1. The first kappa shape index (κ1) is 9.06. The van der Waals surface area contributed by atoms with Crippen molar-refractivity contribution in [3.8, 4) is 0 Å². The van der Waals surface area contributed by atoms with E-state index in [9.17, 15) is 5.11 Å². The van der Waals surface area contributed by atoms with Gasteiger partial charge in [0.1, 0.15) is 24.9 Å². The van der Waals surface area contributed by atoms with Crippen LogP contribution in [-0.2, 0) is 18.9 Å². The Labute approximate surface area is 81.9 Å². The maximum atomic E-state index is 9.89. The highest BCUT2D eigenvalue weighted by Gasteiger charge is 2.65. The molecule has 4 atom stereocenters. The Morgan fingerprint density at radius 2 is 2.14 bits per heavy atom. The molecular weight excluding hydrogens is 188 g/mol. The summed E-state index contributed by atoms with van der Waals surface area (Å²) in [4.78, 5) is 0. The molecule has 14 heavy (non-hydrogen) atoms. The summed E-state index contributed by atoms with van der Waals surface area (Å²) in [6.45, 7) is 4.33. The quantitative estimate of drug-likeness (QED) is 0.580. The fourth-order valence-electron chi connectivity index (χ4n) is 2.38. The predicted octanol–water partition coefficient (Wildman–Crippen LogP) is -0.376. The average Bonchev–Trinajstić information content (AvgIpc) is 2.38. The lowest BCUT2D eigenvalue weighted by molar-refractivity contribution is -0.360. The number of ether oxygens (including phenoxy) is 4. The Morgan fingerprint density at radius 1 is 1.36 bits per heavy atom. The van der Waals surface area contributed by atoms with Gasteiger partial charge in [-0.3, -0.25) is 0 Å². The molecule has 1 spiro atoms. The first-order valence-corrected chi connectivity index (χ1v) is 4.84. The van der Waals surface area contributed by atoms with Crippen LogP contribution in [0.15, 0.2) is 0 Å². The molecule has 4 heterocycles. The molecule has 0 radical (unpaired) electrons. The third-order valence-electron chi connectivity index (χ3n) is 2.94. The zero-order valence-electron chi connectivity index (χ0n) is 8.23. The summed E-state index contributed by atoms with van der Waals surface area (Å²) >= 11 is 0. The van der Waals surface area contributed by atoms with Gasteiger partial charge in [-0.25, -0.2) is 0 Å². The van der Waals surface area contributed by atoms with E-state index in [0.29, 0.717) is 13.2 Å². The van der Waals surface area contributed by atoms with Crippen LogP contribution in [0.3, 0.4) is 0 Å². The van der Waals surface area contributed by atoms with Crippen molar-refractivity contribution in [2.75, 3.05) is 13.2 Å². The molecule has 4 rings (SSSR count). The second-order valence-corrected chi connectivity index (χ2v) is 4.50. The van der Waals surface area contributed by atoms with Crippen LogP contribution < -0.4 is 0 Å². The van der Waals surface area contributed by atoms with Crippen LogP contribution in [0.1, 0.15) is 13.8 Å². The second kappa shape index (κ2) is 2.48. The lowest BCUT2D eigenvalue weighted by Crippen LogP contribution is -2.67. The minimum atomic E-state index is -0.891. The van der Waals surface area contributed by atoms with Gasteiger partial charge in [0.2, 0.25) is 5.79 Å². The van der Waals surface area contributed by atoms with Gasteiger partial charge in [-0.2, -0.15) is 0 Å². The summed E-state index contributed by atoms with van der Waals surface area (Å²) in [7, 11) is 0. The molecular formula is C9H14O5. The summed E-state index contributed by atoms with van der Waals surface area (Å²) in [6, 6.07) is 0. The number of fused-ring (bicyclic) bond motifs is 2. The Kier molecular flexibility index (Phi) is 1.61. The van der Waals surface area contributed by atoms with Crippen molar-refractivity contribution in [3.05, 3.63) is 0 Å². The van der Waals surface area contributed by atoms with Crippen molar-refractivity contribution in [2.24, 2.45) is 0 Å². The van der Waals surface area contributed by atoms with Crippen molar-refractivity contribution in [1.82, 2.24) is 0 Å². The van der Waals surface area contributed by atoms with Gasteiger partial charge >= 0.3 is 0 Å². The maximum Gasteiger partial charge on any atom is 0.224 e. The third kappa shape index (κ3) is 1.02.